The first-order chi connectivity index (χ1) is 11.4. The molecule has 1 heterocycles. The summed E-state index contributed by atoms with van der Waals surface area (Å²) in [4.78, 5) is 25.7. The summed E-state index contributed by atoms with van der Waals surface area (Å²) in [6.07, 6.45) is 0.541. The molecule has 132 valence electrons. The summed E-state index contributed by atoms with van der Waals surface area (Å²) in [7, 11) is 1.57. The lowest BCUT2D eigenvalue weighted by molar-refractivity contribution is -0.167. The molecule has 0 saturated carbocycles. The van der Waals surface area contributed by atoms with Crippen molar-refractivity contribution in [3.05, 3.63) is 29.8 Å². The Morgan fingerprint density at radius 3 is 2.75 bits per heavy atom. The highest BCUT2D eigenvalue weighted by molar-refractivity contribution is 5.80. The van der Waals surface area contributed by atoms with Gasteiger partial charge in [-0.05, 0) is 30.5 Å². The zero-order chi connectivity index (χ0) is 17.7. The number of amides is 1. The summed E-state index contributed by atoms with van der Waals surface area (Å²) in [5.41, 5.74) is -0.306. The summed E-state index contributed by atoms with van der Waals surface area (Å²) in [6, 6.07) is 7.28. The number of carbonyl (C=O) groups is 2. The highest BCUT2D eigenvalue weighted by Crippen LogP contribution is 2.37. The van der Waals surface area contributed by atoms with Crippen molar-refractivity contribution in [3.63, 3.8) is 0 Å². The monoisotopic (exact) mass is 335 g/mol. The topological polar surface area (TPSA) is 87.1 Å². The molecule has 1 aliphatic heterocycles. The highest BCUT2D eigenvalue weighted by Gasteiger charge is 2.48. The lowest BCUT2D eigenvalue weighted by Crippen LogP contribution is -2.56. The minimum absolute atomic E-state index is 0.0646. The van der Waals surface area contributed by atoms with Crippen LogP contribution in [0, 0.1) is 5.41 Å². The Hall–Kier alpha value is -2.08. The molecule has 0 aliphatic carbocycles. The molecular weight excluding hydrogens is 310 g/mol. The van der Waals surface area contributed by atoms with E-state index < -0.39 is 17.5 Å². The van der Waals surface area contributed by atoms with E-state index >= 15 is 0 Å². The van der Waals surface area contributed by atoms with Crippen LogP contribution in [0.5, 0.6) is 5.75 Å². The normalized spacial score (nSPS) is 23.8. The van der Waals surface area contributed by atoms with Crippen LogP contribution >= 0.6 is 0 Å². The SMILES string of the molecule is CCC[C@]1(C(=O)O)CCN(C(=O)Cc2cccc(OC)c2)C[C@@H]1O. The Morgan fingerprint density at radius 1 is 1.42 bits per heavy atom. The molecule has 1 amide bonds. The van der Waals surface area contributed by atoms with Gasteiger partial charge in [0.05, 0.1) is 25.0 Å². The number of hydrogen-bond donors (Lipinski definition) is 2. The minimum Gasteiger partial charge on any atom is -0.497 e. The van der Waals surface area contributed by atoms with Crippen LogP contribution in [0.4, 0.5) is 0 Å². The van der Waals surface area contributed by atoms with Crippen molar-refractivity contribution in [3.8, 4) is 5.75 Å². The molecule has 1 aliphatic rings. The summed E-state index contributed by atoms with van der Waals surface area (Å²) in [6.45, 7) is 2.32. The van der Waals surface area contributed by atoms with E-state index in [0.29, 0.717) is 25.1 Å². The molecule has 2 N–H and O–H groups in total. The number of β-amino-alcohol motifs (C(OH)–C–C–N with tert-alkyl or cyclic N) is 1. The van der Waals surface area contributed by atoms with Gasteiger partial charge in [0, 0.05) is 13.1 Å². The molecule has 6 heteroatoms. The average Bonchev–Trinajstić information content (AvgIpc) is 2.56. The molecule has 0 unspecified atom stereocenters. The first-order valence-electron chi connectivity index (χ1n) is 8.25. The van der Waals surface area contributed by atoms with Crippen molar-refractivity contribution in [1.82, 2.24) is 4.90 Å². The van der Waals surface area contributed by atoms with Crippen LogP contribution in [-0.2, 0) is 16.0 Å². The number of nitrogens with zero attached hydrogens (tertiary/aromatic N) is 1. The summed E-state index contributed by atoms with van der Waals surface area (Å²) in [5.74, 6) is -0.402. The Kier molecular flexibility index (Phi) is 5.83. The molecule has 1 saturated heterocycles. The van der Waals surface area contributed by atoms with Gasteiger partial charge in [-0.25, -0.2) is 0 Å². The standard InChI is InChI=1S/C18H25NO5/c1-3-7-18(17(22)23)8-9-19(12-15(18)20)16(21)11-13-5-4-6-14(10-13)24-2/h4-6,10,15,20H,3,7-9,11-12H2,1-2H3,(H,22,23)/t15-,18-/m0/s1. The molecule has 1 aromatic carbocycles. The maximum Gasteiger partial charge on any atom is 0.312 e. The molecule has 2 rings (SSSR count). The molecule has 6 nitrogen and oxygen atoms in total. The van der Waals surface area contributed by atoms with Crippen molar-refractivity contribution >= 4 is 11.9 Å². The number of methoxy groups -OCH3 is 1. The van der Waals surface area contributed by atoms with Crippen LogP contribution in [0.1, 0.15) is 31.7 Å². The fourth-order valence-electron chi connectivity index (χ4n) is 3.37. The molecule has 1 fully saturated rings. The Bertz CT molecular complexity index is 603. The first kappa shape index (κ1) is 18.3. The Balaban J connectivity index is 2.04. The highest BCUT2D eigenvalue weighted by atomic mass is 16.5. The summed E-state index contributed by atoms with van der Waals surface area (Å²) < 4.78 is 5.15. The van der Waals surface area contributed by atoms with Crippen LogP contribution in [0.2, 0.25) is 0 Å². The number of carboxylic acid groups (broad SMARTS) is 1. The van der Waals surface area contributed by atoms with E-state index in [1.165, 1.54) is 0 Å². The predicted molar refractivity (Wildman–Crippen MR) is 88.9 cm³/mol. The Morgan fingerprint density at radius 2 is 2.17 bits per heavy atom. The van der Waals surface area contributed by atoms with Gasteiger partial charge in [-0.3, -0.25) is 9.59 Å². The second-order valence-corrected chi connectivity index (χ2v) is 6.35. The molecule has 0 aromatic heterocycles. The van der Waals surface area contributed by atoms with E-state index in [2.05, 4.69) is 0 Å². The number of carbonyl (C=O) groups excluding carboxylic acids is 1. The van der Waals surface area contributed by atoms with E-state index in [1.807, 2.05) is 25.1 Å². The van der Waals surface area contributed by atoms with E-state index in [4.69, 9.17) is 4.74 Å². The smallest absolute Gasteiger partial charge is 0.312 e. The number of benzene rings is 1. The number of aliphatic hydroxyl groups excluding tert-OH is 1. The Labute approximate surface area is 142 Å². The van der Waals surface area contributed by atoms with Crippen LogP contribution in [-0.4, -0.2) is 53.3 Å². The number of carboxylic acids is 1. The molecule has 0 radical (unpaired) electrons. The number of rotatable bonds is 6. The van der Waals surface area contributed by atoms with Crippen molar-refractivity contribution in [2.24, 2.45) is 5.41 Å². The minimum atomic E-state index is -1.14. The van der Waals surface area contributed by atoms with Gasteiger partial charge in [0.1, 0.15) is 5.75 Å². The lowest BCUT2D eigenvalue weighted by Gasteiger charge is -2.42. The van der Waals surface area contributed by atoms with Gasteiger partial charge < -0.3 is 19.8 Å². The van der Waals surface area contributed by atoms with E-state index in [0.717, 1.165) is 5.56 Å². The number of likely N-dealkylation sites (tertiary alicyclic amines) is 1. The van der Waals surface area contributed by atoms with Crippen LogP contribution in [0.25, 0.3) is 0 Å². The third kappa shape index (κ3) is 3.70. The van der Waals surface area contributed by atoms with Gasteiger partial charge in [-0.15, -0.1) is 0 Å². The maximum atomic E-state index is 12.5. The number of aliphatic carboxylic acids is 1. The fraction of sp³-hybridized carbons (Fsp3) is 0.556. The van der Waals surface area contributed by atoms with E-state index in [9.17, 15) is 19.8 Å². The number of aliphatic hydroxyl groups is 1. The fourth-order valence-corrected chi connectivity index (χ4v) is 3.37. The third-order valence-electron chi connectivity index (χ3n) is 4.82. The third-order valence-corrected chi connectivity index (χ3v) is 4.82. The number of ether oxygens (including phenoxy) is 1. The molecular formula is C18H25NO5. The maximum absolute atomic E-state index is 12.5. The molecule has 1 aromatic rings. The molecule has 0 bridgehead atoms. The van der Waals surface area contributed by atoms with Crippen LogP contribution in [0.3, 0.4) is 0 Å². The summed E-state index contributed by atoms with van der Waals surface area (Å²) in [5, 5.41) is 19.9. The molecule has 24 heavy (non-hydrogen) atoms. The van der Waals surface area contributed by atoms with Crippen molar-refractivity contribution in [2.45, 2.75) is 38.7 Å². The van der Waals surface area contributed by atoms with Crippen molar-refractivity contribution in [1.29, 1.82) is 0 Å². The largest absolute Gasteiger partial charge is 0.497 e. The average molecular weight is 335 g/mol. The molecule has 2 atom stereocenters. The quantitative estimate of drug-likeness (QED) is 0.826. The zero-order valence-corrected chi connectivity index (χ0v) is 14.2. The van der Waals surface area contributed by atoms with Crippen LogP contribution in [0.15, 0.2) is 24.3 Å². The van der Waals surface area contributed by atoms with Gasteiger partial charge in [0.2, 0.25) is 5.91 Å². The van der Waals surface area contributed by atoms with Gasteiger partial charge in [0.15, 0.2) is 0 Å². The van der Waals surface area contributed by atoms with Gasteiger partial charge >= 0.3 is 5.97 Å². The van der Waals surface area contributed by atoms with Gasteiger partial charge in [0.25, 0.3) is 0 Å². The van der Waals surface area contributed by atoms with Crippen molar-refractivity contribution in [2.75, 3.05) is 20.2 Å². The lowest BCUT2D eigenvalue weighted by atomic mass is 9.72. The second kappa shape index (κ2) is 7.66. The molecule has 0 spiro atoms. The summed E-state index contributed by atoms with van der Waals surface area (Å²) >= 11 is 0. The van der Waals surface area contributed by atoms with Gasteiger partial charge in [-0.1, -0.05) is 25.5 Å². The van der Waals surface area contributed by atoms with Crippen molar-refractivity contribution < 1.29 is 24.5 Å². The number of piperidine rings is 1. The van der Waals surface area contributed by atoms with E-state index in [-0.39, 0.29) is 25.3 Å². The number of hydrogen-bond acceptors (Lipinski definition) is 4. The second-order valence-electron chi connectivity index (χ2n) is 6.35. The van der Waals surface area contributed by atoms with E-state index in [1.54, 1.807) is 18.1 Å². The zero-order valence-electron chi connectivity index (χ0n) is 14.2. The van der Waals surface area contributed by atoms with Gasteiger partial charge in [-0.2, -0.15) is 0 Å². The first-order valence-corrected chi connectivity index (χ1v) is 8.25. The van der Waals surface area contributed by atoms with Crippen LogP contribution < -0.4 is 4.74 Å². The predicted octanol–water partition coefficient (Wildman–Crippen LogP) is 1.70.